The maximum absolute atomic E-state index is 5.50. The average molecular weight is 215 g/mol. The molecule has 1 aromatic rings. The van der Waals surface area contributed by atoms with Gasteiger partial charge in [0.05, 0.1) is 5.75 Å². The Bertz CT molecular complexity index is 264. The molecule has 0 aromatic carbocycles. The number of hydrogen-bond acceptors (Lipinski definition) is 5. The quantitative estimate of drug-likeness (QED) is 0.733. The molecule has 0 spiro atoms. The van der Waals surface area contributed by atoms with Crippen LogP contribution < -0.4 is 5.73 Å². The second kappa shape index (κ2) is 6.03. The van der Waals surface area contributed by atoms with Crippen LogP contribution in [0.15, 0.2) is 4.52 Å². The summed E-state index contributed by atoms with van der Waals surface area (Å²) >= 11 is 1.82. The van der Waals surface area contributed by atoms with Crippen molar-refractivity contribution in [3.63, 3.8) is 0 Å². The van der Waals surface area contributed by atoms with Gasteiger partial charge in [-0.3, -0.25) is 0 Å². The van der Waals surface area contributed by atoms with Crippen molar-refractivity contribution in [3.05, 3.63) is 11.7 Å². The van der Waals surface area contributed by atoms with Gasteiger partial charge in [-0.25, -0.2) is 0 Å². The van der Waals surface area contributed by atoms with Crippen LogP contribution in [0.5, 0.6) is 0 Å². The van der Waals surface area contributed by atoms with E-state index in [-0.39, 0.29) is 5.92 Å². The van der Waals surface area contributed by atoms with Crippen molar-refractivity contribution < 1.29 is 4.52 Å². The molecule has 0 saturated carbocycles. The van der Waals surface area contributed by atoms with Crippen molar-refractivity contribution in [1.29, 1.82) is 0 Å². The summed E-state index contributed by atoms with van der Waals surface area (Å²) in [5.74, 6) is 3.55. The highest BCUT2D eigenvalue weighted by molar-refractivity contribution is 7.98. The Labute approximate surface area is 88.6 Å². The van der Waals surface area contributed by atoms with Crippen LogP contribution in [0.25, 0.3) is 0 Å². The molecule has 0 aliphatic rings. The zero-order valence-corrected chi connectivity index (χ0v) is 9.51. The van der Waals surface area contributed by atoms with Crippen LogP contribution >= 0.6 is 11.8 Å². The zero-order chi connectivity index (χ0) is 10.4. The van der Waals surface area contributed by atoms with Gasteiger partial charge in [-0.2, -0.15) is 16.7 Å². The third-order valence-electron chi connectivity index (χ3n) is 1.84. The van der Waals surface area contributed by atoms with Crippen LogP contribution in [0.3, 0.4) is 0 Å². The summed E-state index contributed by atoms with van der Waals surface area (Å²) in [4.78, 5) is 4.27. The Balaban J connectivity index is 2.42. The van der Waals surface area contributed by atoms with Gasteiger partial charge in [0.2, 0.25) is 5.89 Å². The SMILES string of the molecule is CCCSCc1noc(C(C)CN)n1. The Hall–Kier alpha value is -0.550. The van der Waals surface area contributed by atoms with Gasteiger partial charge in [-0.1, -0.05) is 19.0 Å². The molecule has 1 unspecified atom stereocenters. The van der Waals surface area contributed by atoms with E-state index in [2.05, 4.69) is 17.1 Å². The Morgan fingerprint density at radius 1 is 1.57 bits per heavy atom. The first-order valence-electron chi connectivity index (χ1n) is 4.88. The van der Waals surface area contributed by atoms with Crippen molar-refractivity contribution in [2.75, 3.05) is 12.3 Å². The number of thioether (sulfide) groups is 1. The van der Waals surface area contributed by atoms with E-state index in [0.717, 1.165) is 17.3 Å². The van der Waals surface area contributed by atoms with Gasteiger partial charge in [0, 0.05) is 12.5 Å². The van der Waals surface area contributed by atoms with Gasteiger partial charge in [0.15, 0.2) is 5.82 Å². The molecule has 1 aromatic heterocycles. The van der Waals surface area contributed by atoms with Crippen LogP contribution in [0.2, 0.25) is 0 Å². The van der Waals surface area contributed by atoms with Crippen LogP contribution in [0, 0.1) is 0 Å². The van der Waals surface area contributed by atoms with Crippen molar-refractivity contribution in [2.45, 2.75) is 31.9 Å². The lowest BCUT2D eigenvalue weighted by Crippen LogP contribution is -2.09. The highest BCUT2D eigenvalue weighted by atomic mass is 32.2. The summed E-state index contributed by atoms with van der Waals surface area (Å²) in [7, 11) is 0. The second-order valence-electron chi connectivity index (χ2n) is 3.24. The minimum Gasteiger partial charge on any atom is -0.339 e. The first kappa shape index (κ1) is 11.5. The van der Waals surface area contributed by atoms with E-state index in [0.29, 0.717) is 12.4 Å². The summed E-state index contributed by atoms with van der Waals surface area (Å²) in [5.41, 5.74) is 5.50. The molecule has 5 heteroatoms. The van der Waals surface area contributed by atoms with E-state index < -0.39 is 0 Å². The summed E-state index contributed by atoms with van der Waals surface area (Å²) in [6, 6.07) is 0. The summed E-state index contributed by atoms with van der Waals surface area (Å²) < 4.78 is 5.09. The monoisotopic (exact) mass is 215 g/mol. The Morgan fingerprint density at radius 2 is 2.36 bits per heavy atom. The van der Waals surface area contributed by atoms with E-state index in [1.54, 1.807) is 0 Å². The smallest absolute Gasteiger partial charge is 0.230 e. The number of nitrogens with two attached hydrogens (primary N) is 1. The van der Waals surface area contributed by atoms with Gasteiger partial charge < -0.3 is 10.3 Å². The fourth-order valence-corrected chi connectivity index (χ4v) is 1.67. The summed E-state index contributed by atoms with van der Waals surface area (Å²) in [5, 5.41) is 3.89. The minimum absolute atomic E-state index is 0.160. The maximum Gasteiger partial charge on any atom is 0.230 e. The van der Waals surface area contributed by atoms with Crippen molar-refractivity contribution in [3.8, 4) is 0 Å². The molecule has 0 amide bonds. The predicted octanol–water partition coefficient (Wildman–Crippen LogP) is 1.77. The van der Waals surface area contributed by atoms with E-state index >= 15 is 0 Å². The normalized spacial score (nSPS) is 13.1. The largest absolute Gasteiger partial charge is 0.339 e. The topological polar surface area (TPSA) is 64.9 Å². The molecule has 4 nitrogen and oxygen atoms in total. The molecule has 1 atom stereocenters. The van der Waals surface area contributed by atoms with E-state index in [9.17, 15) is 0 Å². The molecule has 0 aliphatic carbocycles. The van der Waals surface area contributed by atoms with E-state index in [4.69, 9.17) is 10.3 Å². The fraction of sp³-hybridized carbons (Fsp3) is 0.778. The molecule has 0 bridgehead atoms. The number of nitrogens with zero attached hydrogens (tertiary/aromatic N) is 2. The third-order valence-corrected chi connectivity index (χ3v) is 3.00. The van der Waals surface area contributed by atoms with Crippen molar-refractivity contribution in [1.82, 2.24) is 10.1 Å². The molecular formula is C9H17N3OS. The van der Waals surface area contributed by atoms with Crippen molar-refractivity contribution >= 4 is 11.8 Å². The zero-order valence-electron chi connectivity index (χ0n) is 8.69. The van der Waals surface area contributed by atoms with Crippen LogP contribution in [0.1, 0.15) is 37.9 Å². The lowest BCUT2D eigenvalue weighted by molar-refractivity contribution is 0.358. The van der Waals surface area contributed by atoms with Gasteiger partial charge >= 0.3 is 0 Å². The highest BCUT2D eigenvalue weighted by Crippen LogP contribution is 2.14. The fourth-order valence-electron chi connectivity index (χ4n) is 0.935. The molecule has 1 heterocycles. The van der Waals surface area contributed by atoms with E-state index in [1.807, 2.05) is 18.7 Å². The molecule has 1 rings (SSSR count). The number of hydrogen-bond donors (Lipinski definition) is 1. The molecule has 0 saturated heterocycles. The molecule has 0 aliphatic heterocycles. The predicted molar refractivity (Wildman–Crippen MR) is 58.2 cm³/mol. The summed E-state index contributed by atoms with van der Waals surface area (Å²) in [6.45, 7) is 4.69. The van der Waals surface area contributed by atoms with Crippen molar-refractivity contribution in [2.24, 2.45) is 5.73 Å². The van der Waals surface area contributed by atoms with Crippen LogP contribution in [0.4, 0.5) is 0 Å². The standard InChI is InChI=1S/C9H17N3OS/c1-3-4-14-6-8-11-9(13-12-8)7(2)5-10/h7H,3-6,10H2,1-2H3. The lowest BCUT2D eigenvalue weighted by atomic mass is 10.2. The first-order chi connectivity index (χ1) is 6.77. The Kier molecular flexibility index (Phi) is 4.97. The van der Waals surface area contributed by atoms with E-state index in [1.165, 1.54) is 6.42 Å². The molecule has 0 fully saturated rings. The summed E-state index contributed by atoms with van der Waals surface area (Å²) in [6.07, 6.45) is 1.18. The Morgan fingerprint density at radius 3 is 3.00 bits per heavy atom. The molecular weight excluding hydrogens is 198 g/mol. The maximum atomic E-state index is 5.50. The number of aromatic nitrogens is 2. The highest BCUT2D eigenvalue weighted by Gasteiger charge is 2.11. The molecule has 80 valence electrons. The van der Waals surface area contributed by atoms with Gasteiger partial charge in [0.1, 0.15) is 0 Å². The molecule has 0 radical (unpaired) electrons. The molecule has 2 N–H and O–H groups in total. The number of rotatable bonds is 6. The van der Waals surface area contributed by atoms with Gasteiger partial charge in [-0.15, -0.1) is 0 Å². The van der Waals surface area contributed by atoms with Crippen LogP contribution in [-0.4, -0.2) is 22.4 Å². The molecule has 14 heavy (non-hydrogen) atoms. The van der Waals surface area contributed by atoms with Gasteiger partial charge in [0.25, 0.3) is 0 Å². The first-order valence-corrected chi connectivity index (χ1v) is 6.03. The average Bonchev–Trinajstić information content (AvgIpc) is 2.66. The lowest BCUT2D eigenvalue weighted by Gasteiger charge is -1.98. The van der Waals surface area contributed by atoms with Crippen LogP contribution in [-0.2, 0) is 5.75 Å². The second-order valence-corrected chi connectivity index (χ2v) is 4.34. The minimum atomic E-state index is 0.160. The third kappa shape index (κ3) is 3.31. The van der Waals surface area contributed by atoms with Gasteiger partial charge in [-0.05, 0) is 12.2 Å².